The van der Waals surface area contributed by atoms with Crippen LogP contribution >= 0.6 is 0 Å². The Bertz CT molecular complexity index is 623. The number of nitrogens with zero attached hydrogens (tertiary/aromatic N) is 2. The molecule has 1 amide bonds. The van der Waals surface area contributed by atoms with Gasteiger partial charge in [-0.3, -0.25) is 9.78 Å². The Labute approximate surface area is 109 Å². The van der Waals surface area contributed by atoms with Crippen molar-refractivity contribution < 1.29 is 14.7 Å². The number of aryl methyl sites for hydroxylation is 1. The van der Waals surface area contributed by atoms with E-state index in [0.717, 1.165) is 5.56 Å². The number of carboxylic acids is 1. The number of hydrogen-bond donors (Lipinski definition) is 2. The summed E-state index contributed by atoms with van der Waals surface area (Å²) in [6.45, 7) is 1.87. The number of carbonyl (C=O) groups excluding carboxylic acids is 1. The number of pyridine rings is 2. The highest BCUT2D eigenvalue weighted by molar-refractivity contribution is 6.04. The molecule has 0 saturated heterocycles. The van der Waals surface area contributed by atoms with Crippen LogP contribution in [0.3, 0.4) is 0 Å². The van der Waals surface area contributed by atoms with E-state index in [9.17, 15) is 9.59 Å². The van der Waals surface area contributed by atoms with Crippen LogP contribution in [0.1, 0.15) is 26.4 Å². The van der Waals surface area contributed by atoms with Gasteiger partial charge in [-0.25, -0.2) is 9.78 Å². The number of carbonyl (C=O) groups is 2. The number of anilines is 1. The van der Waals surface area contributed by atoms with Crippen LogP contribution in [0.15, 0.2) is 36.8 Å². The first-order valence-electron chi connectivity index (χ1n) is 5.48. The van der Waals surface area contributed by atoms with Gasteiger partial charge in [-0.1, -0.05) is 0 Å². The van der Waals surface area contributed by atoms with Crippen molar-refractivity contribution in [3.05, 3.63) is 53.6 Å². The van der Waals surface area contributed by atoms with E-state index in [2.05, 4.69) is 15.3 Å². The summed E-state index contributed by atoms with van der Waals surface area (Å²) in [6.07, 6.45) is 4.44. The molecule has 2 rings (SSSR count). The fraction of sp³-hybridized carbons (Fsp3) is 0.0769. The molecular formula is C13H11N3O3. The maximum Gasteiger partial charge on any atom is 0.354 e. The third-order valence-corrected chi connectivity index (χ3v) is 2.38. The zero-order valence-electron chi connectivity index (χ0n) is 10.1. The summed E-state index contributed by atoms with van der Waals surface area (Å²) < 4.78 is 0. The smallest absolute Gasteiger partial charge is 0.354 e. The van der Waals surface area contributed by atoms with Gasteiger partial charge in [0.15, 0.2) is 0 Å². The molecule has 0 aliphatic carbocycles. The van der Waals surface area contributed by atoms with Crippen LogP contribution in [0, 0.1) is 6.92 Å². The second-order valence-corrected chi connectivity index (χ2v) is 3.94. The average Bonchev–Trinajstić information content (AvgIpc) is 2.39. The predicted molar refractivity (Wildman–Crippen MR) is 68.1 cm³/mol. The highest BCUT2D eigenvalue weighted by Gasteiger charge is 2.09. The lowest BCUT2D eigenvalue weighted by atomic mass is 10.2. The molecule has 0 aromatic carbocycles. The summed E-state index contributed by atoms with van der Waals surface area (Å²) in [5, 5.41) is 11.4. The largest absolute Gasteiger partial charge is 0.477 e. The van der Waals surface area contributed by atoms with Crippen molar-refractivity contribution >= 4 is 17.6 Å². The molecule has 0 bridgehead atoms. The lowest BCUT2D eigenvalue weighted by Crippen LogP contribution is -2.13. The molecule has 19 heavy (non-hydrogen) atoms. The zero-order valence-corrected chi connectivity index (χ0v) is 10.1. The number of hydrogen-bond acceptors (Lipinski definition) is 4. The van der Waals surface area contributed by atoms with Crippen molar-refractivity contribution in [2.24, 2.45) is 0 Å². The van der Waals surface area contributed by atoms with E-state index < -0.39 is 5.97 Å². The molecule has 0 spiro atoms. The Morgan fingerprint density at radius 1 is 1.21 bits per heavy atom. The molecule has 2 aromatic heterocycles. The van der Waals surface area contributed by atoms with Gasteiger partial charge in [0.25, 0.3) is 5.91 Å². The molecule has 2 aromatic rings. The van der Waals surface area contributed by atoms with E-state index in [4.69, 9.17) is 5.11 Å². The number of carboxylic acid groups (broad SMARTS) is 1. The second-order valence-electron chi connectivity index (χ2n) is 3.94. The topological polar surface area (TPSA) is 92.2 Å². The van der Waals surface area contributed by atoms with Crippen molar-refractivity contribution in [1.82, 2.24) is 9.97 Å². The highest BCUT2D eigenvalue weighted by Crippen LogP contribution is 2.09. The van der Waals surface area contributed by atoms with Crippen molar-refractivity contribution in [2.45, 2.75) is 6.92 Å². The summed E-state index contributed by atoms with van der Waals surface area (Å²) in [7, 11) is 0. The minimum atomic E-state index is -1.13. The minimum absolute atomic E-state index is 0.103. The van der Waals surface area contributed by atoms with Crippen molar-refractivity contribution in [1.29, 1.82) is 0 Å². The summed E-state index contributed by atoms with van der Waals surface area (Å²) in [6, 6.07) is 4.48. The van der Waals surface area contributed by atoms with Crippen LogP contribution in [0.25, 0.3) is 0 Å². The van der Waals surface area contributed by atoms with Gasteiger partial charge in [0.1, 0.15) is 5.69 Å². The van der Waals surface area contributed by atoms with Gasteiger partial charge in [-0.2, -0.15) is 0 Å². The van der Waals surface area contributed by atoms with Gasteiger partial charge in [-0.05, 0) is 30.7 Å². The normalized spacial score (nSPS) is 9.95. The van der Waals surface area contributed by atoms with E-state index in [1.165, 1.54) is 24.5 Å². The summed E-state index contributed by atoms with van der Waals surface area (Å²) >= 11 is 0. The monoisotopic (exact) mass is 257 g/mol. The number of rotatable bonds is 3. The Balaban J connectivity index is 2.14. The van der Waals surface area contributed by atoms with Crippen LogP contribution in [0.4, 0.5) is 5.69 Å². The molecule has 0 fully saturated rings. The standard InChI is InChI=1S/C13H11N3O3/c1-8-4-10(7-14-5-8)16-12(17)9-2-3-11(13(18)19)15-6-9/h2-7H,1H3,(H,16,17)(H,18,19). The van der Waals surface area contributed by atoms with Crippen LogP contribution in [-0.4, -0.2) is 27.0 Å². The van der Waals surface area contributed by atoms with Gasteiger partial charge in [0.2, 0.25) is 0 Å². The first kappa shape index (κ1) is 12.7. The Morgan fingerprint density at radius 3 is 2.58 bits per heavy atom. The number of amides is 1. The van der Waals surface area contributed by atoms with Gasteiger partial charge in [-0.15, -0.1) is 0 Å². The quantitative estimate of drug-likeness (QED) is 0.873. The zero-order chi connectivity index (χ0) is 13.8. The maximum atomic E-state index is 11.9. The lowest BCUT2D eigenvalue weighted by molar-refractivity contribution is 0.0690. The van der Waals surface area contributed by atoms with E-state index in [1.807, 2.05) is 6.92 Å². The van der Waals surface area contributed by atoms with Crippen molar-refractivity contribution in [2.75, 3.05) is 5.32 Å². The fourth-order valence-corrected chi connectivity index (χ4v) is 1.48. The van der Waals surface area contributed by atoms with Crippen molar-refractivity contribution in [3.63, 3.8) is 0 Å². The average molecular weight is 257 g/mol. The molecule has 0 saturated carbocycles. The lowest BCUT2D eigenvalue weighted by Gasteiger charge is -2.05. The molecule has 0 radical (unpaired) electrons. The van der Waals surface area contributed by atoms with E-state index >= 15 is 0 Å². The minimum Gasteiger partial charge on any atom is -0.477 e. The molecule has 0 unspecified atom stereocenters. The number of aromatic carboxylic acids is 1. The molecule has 6 heteroatoms. The summed E-state index contributed by atoms with van der Waals surface area (Å²) in [5.74, 6) is -1.49. The Kier molecular flexibility index (Phi) is 3.51. The third-order valence-electron chi connectivity index (χ3n) is 2.38. The first-order chi connectivity index (χ1) is 9.06. The summed E-state index contributed by atoms with van der Waals surface area (Å²) in [5.41, 5.74) is 1.68. The van der Waals surface area contributed by atoms with Gasteiger partial charge in [0.05, 0.1) is 17.4 Å². The van der Waals surface area contributed by atoms with Crippen molar-refractivity contribution in [3.8, 4) is 0 Å². The highest BCUT2D eigenvalue weighted by atomic mass is 16.4. The van der Waals surface area contributed by atoms with Crippen LogP contribution < -0.4 is 5.32 Å². The third kappa shape index (κ3) is 3.12. The molecule has 0 aliphatic heterocycles. The predicted octanol–water partition coefficient (Wildman–Crippen LogP) is 1.74. The molecule has 0 aliphatic rings. The van der Waals surface area contributed by atoms with Gasteiger partial charge < -0.3 is 10.4 Å². The fourth-order valence-electron chi connectivity index (χ4n) is 1.48. The molecule has 96 valence electrons. The molecule has 2 N–H and O–H groups in total. The molecule has 2 heterocycles. The second kappa shape index (κ2) is 5.26. The number of nitrogens with one attached hydrogen (secondary N) is 1. The van der Waals surface area contributed by atoms with E-state index in [0.29, 0.717) is 5.69 Å². The van der Waals surface area contributed by atoms with Crippen LogP contribution in [-0.2, 0) is 0 Å². The Hall–Kier alpha value is -2.76. The van der Waals surface area contributed by atoms with E-state index in [-0.39, 0.29) is 17.2 Å². The number of aromatic nitrogens is 2. The first-order valence-corrected chi connectivity index (χ1v) is 5.48. The van der Waals surface area contributed by atoms with Gasteiger partial charge >= 0.3 is 5.97 Å². The summed E-state index contributed by atoms with van der Waals surface area (Å²) in [4.78, 5) is 30.2. The van der Waals surface area contributed by atoms with E-state index in [1.54, 1.807) is 12.3 Å². The maximum absolute atomic E-state index is 11.9. The molecular weight excluding hydrogens is 246 g/mol. The van der Waals surface area contributed by atoms with Crippen LogP contribution in [0.5, 0.6) is 0 Å². The molecule has 0 atom stereocenters. The van der Waals surface area contributed by atoms with Gasteiger partial charge in [0, 0.05) is 12.4 Å². The SMILES string of the molecule is Cc1cncc(NC(=O)c2ccc(C(=O)O)nc2)c1. The molecule has 6 nitrogen and oxygen atoms in total. The van der Waals surface area contributed by atoms with Crippen LogP contribution in [0.2, 0.25) is 0 Å². The Morgan fingerprint density at radius 2 is 2.00 bits per heavy atom.